The molecule has 0 fully saturated rings. The summed E-state index contributed by atoms with van der Waals surface area (Å²) in [5.41, 5.74) is 0.626. The van der Waals surface area contributed by atoms with Gasteiger partial charge in [-0.05, 0) is 19.1 Å². The van der Waals surface area contributed by atoms with Gasteiger partial charge in [-0.15, -0.1) is 0 Å². The fourth-order valence-electron chi connectivity index (χ4n) is 1.66. The molecule has 0 unspecified atom stereocenters. The molecule has 0 bridgehead atoms. The summed E-state index contributed by atoms with van der Waals surface area (Å²) in [5, 5.41) is 5.06. The number of rotatable bonds is 2. The highest BCUT2D eigenvalue weighted by molar-refractivity contribution is 6.42. The van der Waals surface area contributed by atoms with Crippen molar-refractivity contribution < 1.29 is 4.74 Å². The summed E-state index contributed by atoms with van der Waals surface area (Å²) in [6, 6.07) is 5.11. The second-order valence-corrected chi connectivity index (χ2v) is 5.10. The predicted octanol–water partition coefficient (Wildman–Crippen LogP) is 4.19. The van der Waals surface area contributed by atoms with Crippen LogP contribution in [0.25, 0.3) is 5.78 Å². The fraction of sp³-hybridized carbons (Fsp3) is 0.0833. The third-order valence-corrected chi connectivity index (χ3v) is 3.84. The van der Waals surface area contributed by atoms with Gasteiger partial charge in [-0.25, -0.2) is 0 Å². The lowest BCUT2D eigenvalue weighted by molar-refractivity contribution is 0.442. The van der Waals surface area contributed by atoms with Crippen molar-refractivity contribution in [2.75, 3.05) is 0 Å². The lowest BCUT2D eigenvalue weighted by atomic mass is 10.3. The molecule has 5 nitrogen and oxygen atoms in total. The number of aromatic nitrogens is 4. The molecule has 3 aromatic rings. The van der Waals surface area contributed by atoms with E-state index in [1.807, 2.05) is 0 Å². The van der Waals surface area contributed by atoms with Crippen LogP contribution in [0.1, 0.15) is 5.56 Å². The SMILES string of the molecule is Cc1c(Cl)nc2ncnn2c1Oc1cccc(Cl)c1Cl. The van der Waals surface area contributed by atoms with E-state index in [2.05, 4.69) is 15.1 Å². The molecule has 0 saturated carbocycles. The summed E-state index contributed by atoms with van der Waals surface area (Å²) in [4.78, 5) is 8.07. The zero-order valence-corrected chi connectivity index (χ0v) is 12.4. The number of hydrogen-bond donors (Lipinski definition) is 0. The molecule has 0 aliphatic carbocycles. The number of halogens is 3. The van der Waals surface area contributed by atoms with Crippen molar-refractivity contribution in [1.82, 2.24) is 19.6 Å². The number of hydrogen-bond acceptors (Lipinski definition) is 4. The Morgan fingerprint density at radius 3 is 2.80 bits per heavy atom. The van der Waals surface area contributed by atoms with Crippen LogP contribution in [-0.2, 0) is 0 Å². The topological polar surface area (TPSA) is 52.3 Å². The molecule has 0 spiro atoms. The van der Waals surface area contributed by atoms with E-state index in [1.165, 1.54) is 10.8 Å². The van der Waals surface area contributed by atoms with Gasteiger partial charge in [-0.2, -0.15) is 19.6 Å². The molecular formula is C12H7Cl3N4O. The lowest BCUT2D eigenvalue weighted by Gasteiger charge is -2.12. The highest BCUT2D eigenvalue weighted by Gasteiger charge is 2.16. The summed E-state index contributed by atoms with van der Waals surface area (Å²) in [5.74, 6) is 1.14. The van der Waals surface area contributed by atoms with Crippen molar-refractivity contribution in [3.63, 3.8) is 0 Å². The number of nitrogens with zero attached hydrogens (tertiary/aromatic N) is 4. The number of ether oxygens (including phenoxy) is 1. The smallest absolute Gasteiger partial charge is 0.256 e. The Morgan fingerprint density at radius 1 is 1.20 bits per heavy atom. The van der Waals surface area contributed by atoms with E-state index >= 15 is 0 Å². The normalized spacial score (nSPS) is 11.0. The molecule has 0 aliphatic rings. The van der Waals surface area contributed by atoms with E-state index in [4.69, 9.17) is 39.5 Å². The molecule has 0 saturated heterocycles. The molecule has 0 N–H and O–H groups in total. The fourth-order valence-corrected chi connectivity index (χ4v) is 2.15. The Labute approximate surface area is 129 Å². The van der Waals surface area contributed by atoms with Crippen molar-refractivity contribution in [1.29, 1.82) is 0 Å². The third-order valence-electron chi connectivity index (χ3n) is 2.67. The summed E-state index contributed by atoms with van der Waals surface area (Å²) >= 11 is 18.1. The Bertz CT molecular complexity index is 803. The molecular weight excluding hydrogens is 323 g/mol. The predicted molar refractivity (Wildman–Crippen MR) is 77.1 cm³/mol. The summed E-state index contributed by atoms with van der Waals surface area (Å²) < 4.78 is 7.24. The van der Waals surface area contributed by atoms with Crippen molar-refractivity contribution in [3.8, 4) is 11.6 Å². The molecule has 0 radical (unpaired) electrons. The maximum Gasteiger partial charge on any atom is 0.256 e. The van der Waals surface area contributed by atoms with Crippen LogP contribution in [-0.4, -0.2) is 19.6 Å². The van der Waals surface area contributed by atoms with E-state index in [0.717, 1.165) is 0 Å². The first-order valence-corrected chi connectivity index (χ1v) is 6.69. The van der Waals surface area contributed by atoms with E-state index in [0.29, 0.717) is 38.2 Å². The zero-order chi connectivity index (χ0) is 14.3. The molecule has 102 valence electrons. The first kappa shape index (κ1) is 13.4. The molecule has 3 rings (SSSR count). The van der Waals surface area contributed by atoms with E-state index in [-0.39, 0.29) is 0 Å². The molecule has 2 aromatic heterocycles. The van der Waals surface area contributed by atoms with Gasteiger partial charge in [0.1, 0.15) is 22.3 Å². The van der Waals surface area contributed by atoms with Crippen molar-refractivity contribution in [2.24, 2.45) is 0 Å². The average Bonchev–Trinajstić information content (AvgIpc) is 2.87. The van der Waals surface area contributed by atoms with Gasteiger partial charge in [-0.1, -0.05) is 40.9 Å². The van der Waals surface area contributed by atoms with E-state index in [1.54, 1.807) is 25.1 Å². The van der Waals surface area contributed by atoms with Gasteiger partial charge in [0.15, 0.2) is 0 Å². The Morgan fingerprint density at radius 2 is 2.00 bits per heavy atom. The van der Waals surface area contributed by atoms with Crippen LogP contribution in [0.5, 0.6) is 11.6 Å². The highest BCUT2D eigenvalue weighted by atomic mass is 35.5. The molecule has 8 heteroatoms. The standard InChI is InChI=1S/C12H7Cl3N4O/c1-6-10(15)18-12-16-5-17-19(12)11(6)20-8-4-2-3-7(13)9(8)14/h2-5H,1H3. The molecule has 20 heavy (non-hydrogen) atoms. The highest BCUT2D eigenvalue weighted by Crippen LogP contribution is 2.36. The van der Waals surface area contributed by atoms with Crippen LogP contribution in [0.15, 0.2) is 24.5 Å². The zero-order valence-electron chi connectivity index (χ0n) is 10.1. The van der Waals surface area contributed by atoms with Crippen LogP contribution in [0.4, 0.5) is 0 Å². The van der Waals surface area contributed by atoms with Gasteiger partial charge in [-0.3, -0.25) is 0 Å². The molecule has 0 aliphatic heterocycles. The minimum atomic E-state index is 0.290. The van der Waals surface area contributed by atoms with Crippen LogP contribution in [0.3, 0.4) is 0 Å². The maximum absolute atomic E-state index is 6.11. The second kappa shape index (κ2) is 5.09. The van der Waals surface area contributed by atoms with Gasteiger partial charge >= 0.3 is 0 Å². The summed E-state index contributed by atoms with van der Waals surface area (Å²) in [6.07, 6.45) is 1.37. The van der Waals surface area contributed by atoms with Gasteiger partial charge in [0.2, 0.25) is 5.88 Å². The average molecular weight is 330 g/mol. The van der Waals surface area contributed by atoms with Crippen LogP contribution in [0.2, 0.25) is 15.2 Å². The third kappa shape index (κ3) is 2.18. The molecule has 0 atom stereocenters. The minimum Gasteiger partial charge on any atom is -0.437 e. The minimum absolute atomic E-state index is 0.290. The summed E-state index contributed by atoms with van der Waals surface area (Å²) in [6.45, 7) is 1.77. The Hall–Kier alpha value is -1.56. The maximum atomic E-state index is 6.11. The molecule has 0 amide bonds. The van der Waals surface area contributed by atoms with E-state index < -0.39 is 0 Å². The van der Waals surface area contributed by atoms with Gasteiger partial charge in [0, 0.05) is 5.56 Å². The largest absolute Gasteiger partial charge is 0.437 e. The number of benzene rings is 1. The monoisotopic (exact) mass is 328 g/mol. The van der Waals surface area contributed by atoms with Gasteiger partial charge < -0.3 is 4.74 Å². The Kier molecular flexibility index (Phi) is 3.41. The van der Waals surface area contributed by atoms with Crippen LogP contribution >= 0.6 is 34.8 Å². The van der Waals surface area contributed by atoms with Crippen LogP contribution < -0.4 is 4.74 Å². The van der Waals surface area contributed by atoms with Gasteiger partial charge in [0.25, 0.3) is 5.78 Å². The van der Waals surface area contributed by atoms with Gasteiger partial charge in [0.05, 0.1) is 5.02 Å². The van der Waals surface area contributed by atoms with Crippen molar-refractivity contribution in [2.45, 2.75) is 6.92 Å². The first-order valence-electron chi connectivity index (χ1n) is 5.55. The van der Waals surface area contributed by atoms with Crippen molar-refractivity contribution in [3.05, 3.63) is 45.3 Å². The quantitative estimate of drug-likeness (QED) is 0.662. The molecule has 1 aromatic carbocycles. The van der Waals surface area contributed by atoms with Crippen LogP contribution in [0, 0.1) is 6.92 Å². The Balaban J connectivity index is 2.17. The van der Waals surface area contributed by atoms with E-state index in [9.17, 15) is 0 Å². The van der Waals surface area contributed by atoms with Crippen molar-refractivity contribution >= 4 is 40.6 Å². The number of fused-ring (bicyclic) bond motifs is 1. The lowest BCUT2D eigenvalue weighted by Crippen LogP contribution is -2.01. The first-order chi connectivity index (χ1) is 9.58. The summed E-state index contributed by atoms with van der Waals surface area (Å²) in [7, 11) is 0. The molecule has 2 heterocycles. The second-order valence-electron chi connectivity index (χ2n) is 3.96.